The summed E-state index contributed by atoms with van der Waals surface area (Å²) in [5, 5.41) is 5.25. The van der Waals surface area contributed by atoms with E-state index in [-0.39, 0.29) is 0 Å². The molecule has 0 saturated heterocycles. The molecule has 0 aliphatic heterocycles. The number of hydrogen-bond acceptors (Lipinski definition) is 5. The molecule has 59 heavy (non-hydrogen) atoms. The van der Waals surface area contributed by atoms with Crippen LogP contribution in [0.4, 0.5) is 0 Å². The first-order valence-corrected chi connectivity index (χ1v) is 19.7. The van der Waals surface area contributed by atoms with E-state index in [0.717, 1.165) is 93.8 Å². The molecule has 0 bridgehead atoms. The molecule has 0 aliphatic rings. The topological polar surface area (TPSA) is 69.9 Å². The maximum atomic E-state index is 6.52. The highest BCUT2D eigenvalue weighted by molar-refractivity contribution is 6.10. The van der Waals surface area contributed by atoms with Crippen LogP contribution in [-0.2, 0) is 0 Å². The van der Waals surface area contributed by atoms with E-state index in [4.69, 9.17) is 23.8 Å². The Kier molecular flexibility index (Phi) is 7.43. The maximum Gasteiger partial charge on any atom is 0.167 e. The van der Waals surface area contributed by atoms with E-state index in [2.05, 4.69) is 132 Å². The minimum absolute atomic E-state index is 0.515. The molecule has 276 valence electrons. The van der Waals surface area contributed by atoms with Crippen LogP contribution in [0.15, 0.2) is 203 Å². The predicted octanol–water partition coefficient (Wildman–Crippen LogP) is 13.9. The normalized spacial score (nSPS) is 11.7. The van der Waals surface area contributed by atoms with E-state index >= 15 is 0 Å². The highest BCUT2D eigenvalue weighted by Gasteiger charge is 2.21. The smallest absolute Gasteiger partial charge is 0.167 e. The zero-order valence-electron chi connectivity index (χ0n) is 31.6. The first-order valence-electron chi connectivity index (χ1n) is 19.7. The Balaban J connectivity index is 1.08. The largest absolute Gasteiger partial charge is 0.455 e. The van der Waals surface area contributed by atoms with Gasteiger partial charge < -0.3 is 13.4 Å². The lowest BCUT2D eigenvalue weighted by atomic mass is 9.98. The van der Waals surface area contributed by atoms with Crippen molar-refractivity contribution < 1.29 is 8.83 Å². The zero-order chi connectivity index (χ0) is 38.9. The van der Waals surface area contributed by atoms with Crippen molar-refractivity contribution in [2.45, 2.75) is 0 Å². The van der Waals surface area contributed by atoms with Gasteiger partial charge in [-0.3, -0.25) is 0 Å². The molecule has 0 aliphatic carbocycles. The van der Waals surface area contributed by atoms with Gasteiger partial charge in [-0.15, -0.1) is 0 Å². The van der Waals surface area contributed by atoms with Crippen LogP contribution < -0.4 is 0 Å². The van der Waals surface area contributed by atoms with E-state index in [1.807, 2.05) is 66.7 Å². The molecule has 6 heteroatoms. The summed E-state index contributed by atoms with van der Waals surface area (Å²) in [4.78, 5) is 15.6. The Morgan fingerprint density at radius 1 is 0.339 bits per heavy atom. The van der Waals surface area contributed by atoms with Gasteiger partial charge in [0.05, 0.1) is 16.6 Å². The summed E-state index contributed by atoms with van der Waals surface area (Å²) >= 11 is 0. The van der Waals surface area contributed by atoms with E-state index in [0.29, 0.717) is 17.5 Å². The van der Waals surface area contributed by atoms with Crippen LogP contribution in [0.25, 0.3) is 117 Å². The second-order valence-electron chi connectivity index (χ2n) is 14.8. The summed E-state index contributed by atoms with van der Waals surface area (Å²) in [5.41, 5.74) is 12.2. The summed E-state index contributed by atoms with van der Waals surface area (Å²) in [6.45, 7) is 0. The Bertz CT molecular complexity index is 3430. The summed E-state index contributed by atoms with van der Waals surface area (Å²) in [7, 11) is 0. The summed E-state index contributed by atoms with van der Waals surface area (Å²) in [5.74, 6) is 1.58. The first kappa shape index (κ1) is 33.1. The zero-order valence-corrected chi connectivity index (χ0v) is 31.6. The van der Waals surface area contributed by atoms with Crippen molar-refractivity contribution in [3.05, 3.63) is 194 Å². The fraction of sp³-hybridized carbons (Fsp3) is 0. The molecule has 0 saturated carbocycles. The number of benzene rings is 8. The molecule has 0 atom stereocenters. The third-order valence-corrected chi connectivity index (χ3v) is 11.3. The molecule has 0 unspecified atom stereocenters. The summed E-state index contributed by atoms with van der Waals surface area (Å²) in [6.07, 6.45) is 2.24. The number of furan rings is 2. The highest BCUT2D eigenvalue weighted by atomic mass is 16.3. The van der Waals surface area contributed by atoms with Crippen molar-refractivity contribution in [1.29, 1.82) is 0 Å². The van der Waals surface area contributed by atoms with Crippen molar-refractivity contribution in [2.75, 3.05) is 0 Å². The summed E-state index contributed by atoms with van der Waals surface area (Å²) < 4.78 is 15.3. The average Bonchev–Trinajstić information content (AvgIpc) is 4.01. The molecule has 12 aromatic rings. The third-order valence-electron chi connectivity index (χ3n) is 11.3. The quantitative estimate of drug-likeness (QED) is 0.169. The van der Waals surface area contributed by atoms with E-state index in [9.17, 15) is 0 Å². The molecule has 8 aromatic carbocycles. The number of rotatable bonds is 6. The Hall–Kier alpha value is -8.09. The van der Waals surface area contributed by atoms with Gasteiger partial charge in [0.15, 0.2) is 17.5 Å². The lowest BCUT2D eigenvalue weighted by molar-refractivity contribution is 0.669. The second kappa shape index (κ2) is 13.3. The Labute approximate surface area is 338 Å². The highest BCUT2D eigenvalue weighted by Crippen LogP contribution is 2.40. The average molecular weight is 757 g/mol. The monoisotopic (exact) mass is 756 g/mol. The van der Waals surface area contributed by atoms with Gasteiger partial charge in [-0.1, -0.05) is 133 Å². The van der Waals surface area contributed by atoms with Crippen LogP contribution in [0.3, 0.4) is 0 Å². The van der Waals surface area contributed by atoms with Crippen molar-refractivity contribution in [1.82, 2.24) is 19.5 Å². The van der Waals surface area contributed by atoms with E-state index in [1.165, 1.54) is 5.56 Å². The van der Waals surface area contributed by atoms with Gasteiger partial charge in [-0.25, -0.2) is 15.0 Å². The van der Waals surface area contributed by atoms with Crippen molar-refractivity contribution >= 4 is 54.8 Å². The van der Waals surface area contributed by atoms with Gasteiger partial charge in [-0.2, -0.15) is 0 Å². The van der Waals surface area contributed by atoms with Gasteiger partial charge >= 0.3 is 0 Å². The molecule has 0 N–H and O–H groups in total. The Morgan fingerprint density at radius 3 is 1.53 bits per heavy atom. The van der Waals surface area contributed by atoms with Crippen LogP contribution in [0.5, 0.6) is 0 Å². The van der Waals surface area contributed by atoms with Gasteiger partial charge in [0.25, 0.3) is 0 Å². The molecule has 0 fully saturated rings. The van der Waals surface area contributed by atoms with Crippen LogP contribution in [0.2, 0.25) is 0 Å². The molecular weight excluding hydrogens is 725 g/mol. The van der Waals surface area contributed by atoms with Crippen molar-refractivity contribution in [2.24, 2.45) is 0 Å². The number of nitrogens with zero attached hydrogens (tertiary/aromatic N) is 4. The minimum Gasteiger partial charge on any atom is -0.455 e. The summed E-state index contributed by atoms with van der Waals surface area (Å²) in [6, 6.07) is 64.7. The molecular formula is C53H32N4O2. The standard InChI is InChI=1S/C53H32N4O2/c1-3-14-33(15-4-1)34-28-29-46-44(31-34)45(32-57(46)37-18-5-2-6-19-37)35-16-11-17-36(30-35)51-54-52(42-24-12-22-40-38-20-7-9-26-47(38)58-49(40)42)56-53(55-51)43-25-13-23-41-39-21-8-10-27-48(39)59-50(41)43/h1-32H. The predicted molar refractivity (Wildman–Crippen MR) is 238 cm³/mol. The molecule has 4 aromatic heterocycles. The SMILES string of the molecule is c1ccc(-c2ccc3c(c2)c(-c2cccc(-c4nc(-c5cccc6c5oc5ccccc56)nc(-c5cccc6c5oc5ccccc56)n4)c2)cn3-c2ccccc2)cc1. The van der Waals surface area contributed by atoms with Crippen molar-refractivity contribution in [3.63, 3.8) is 0 Å². The van der Waals surface area contributed by atoms with E-state index < -0.39 is 0 Å². The van der Waals surface area contributed by atoms with Crippen molar-refractivity contribution in [3.8, 4) is 62.1 Å². The number of para-hydroxylation sites is 5. The number of fused-ring (bicyclic) bond motifs is 7. The fourth-order valence-electron chi connectivity index (χ4n) is 8.49. The molecule has 4 heterocycles. The maximum absolute atomic E-state index is 6.52. The third kappa shape index (κ3) is 5.46. The van der Waals surface area contributed by atoms with Crippen LogP contribution in [0, 0.1) is 0 Å². The lowest BCUT2D eigenvalue weighted by Crippen LogP contribution is -2.00. The molecule has 0 radical (unpaired) electrons. The van der Waals surface area contributed by atoms with Crippen LogP contribution in [-0.4, -0.2) is 19.5 Å². The fourth-order valence-corrected chi connectivity index (χ4v) is 8.49. The second-order valence-corrected chi connectivity index (χ2v) is 14.8. The van der Waals surface area contributed by atoms with Crippen LogP contribution in [0.1, 0.15) is 0 Å². The Morgan fingerprint density at radius 2 is 0.864 bits per heavy atom. The lowest BCUT2D eigenvalue weighted by Gasteiger charge is -2.10. The molecule has 6 nitrogen and oxygen atoms in total. The molecule has 0 amide bonds. The number of hydrogen-bond donors (Lipinski definition) is 0. The number of aromatic nitrogens is 4. The van der Waals surface area contributed by atoms with Gasteiger partial charge in [-0.05, 0) is 71.3 Å². The van der Waals surface area contributed by atoms with E-state index in [1.54, 1.807) is 0 Å². The van der Waals surface area contributed by atoms with Gasteiger partial charge in [0.1, 0.15) is 22.3 Å². The van der Waals surface area contributed by atoms with Gasteiger partial charge in [0.2, 0.25) is 0 Å². The molecule has 12 rings (SSSR count). The first-order chi connectivity index (χ1) is 29.2. The van der Waals surface area contributed by atoms with Gasteiger partial charge in [0, 0.05) is 49.9 Å². The minimum atomic E-state index is 0.515. The molecule has 0 spiro atoms. The van der Waals surface area contributed by atoms with Crippen LogP contribution >= 0.6 is 0 Å².